The molecule has 1 amide bonds. The molecule has 0 N–H and O–H groups in total. The molecule has 1 saturated heterocycles. The van der Waals surface area contributed by atoms with E-state index in [-0.39, 0.29) is 17.3 Å². The van der Waals surface area contributed by atoms with Crippen LogP contribution in [0.3, 0.4) is 0 Å². The van der Waals surface area contributed by atoms with Gasteiger partial charge in [0.05, 0.1) is 4.90 Å². The maximum absolute atomic E-state index is 13.9. The molecule has 3 aromatic rings. The molecule has 40 heavy (non-hydrogen) atoms. The predicted molar refractivity (Wildman–Crippen MR) is 160 cm³/mol. The molecule has 0 radical (unpaired) electrons. The van der Waals surface area contributed by atoms with E-state index in [1.807, 2.05) is 74.5 Å². The summed E-state index contributed by atoms with van der Waals surface area (Å²) < 4.78 is 35.6. The van der Waals surface area contributed by atoms with Crippen molar-refractivity contribution in [3.63, 3.8) is 0 Å². The number of sulfonamides is 1. The first-order chi connectivity index (χ1) is 19.0. The van der Waals surface area contributed by atoms with Crippen LogP contribution in [0.5, 0.6) is 0 Å². The summed E-state index contributed by atoms with van der Waals surface area (Å²) in [5.41, 5.74) is 4.90. The molecule has 3 aromatic carbocycles. The summed E-state index contributed by atoms with van der Waals surface area (Å²) in [4.78, 5) is 28.3. The second-order valence-corrected chi connectivity index (χ2v) is 13.1. The van der Waals surface area contributed by atoms with Crippen molar-refractivity contribution in [1.82, 2.24) is 4.31 Å². The first kappa shape index (κ1) is 30.0. The lowest BCUT2D eigenvalue weighted by molar-refractivity contribution is -0.156. The Labute approximate surface area is 245 Å². The molecule has 1 atom stereocenters. The van der Waals surface area contributed by atoms with E-state index < -0.39 is 28.6 Å². The molecule has 1 aliphatic heterocycles. The van der Waals surface area contributed by atoms with Gasteiger partial charge in [-0.3, -0.25) is 9.59 Å². The summed E-state index contributed by atoms with van der Waals surface area (Å²) in [5, 5.41) is 0. The fraction of sp³-hybridized carbons (Fsp3) is 0.355. The fourth-order valence-corrected chi connectivity index (χ4v) is 7.27. The van der Waals surface area contributed by atoms with Crippen LogP contribution < -0.4 is 4.90 Å². The number of aryl methyl sites for hydroxylation is 4. The number of nitrogens with zero attached hydrogens (tertiary/aromatic N) is 2. The number of rotatable bonds is 9. The Kier molecular flexibility index (Phi) is 9.48. The molecule has 1 aliphatic rings. The maximum Gasteiger partial charge on any atom is 0.322 e. The highest BCUT2D eigenvalue weighted by atomic mass is 79.9. The van der Waals surface area contributed by atoms with Crippen molar-refractivity contribution in [2.45, 2.75) is 58.0 Å². The SMILES string of the molecule is Cc1cc(C)c(S(=O)(=O)N(CCc2ccccc2)CC(=O)OC2CCCN(c3ccc(Br)c(C)c3)C2=O)c(C)c1. The number of hydrogen-bond donors (Lipinski definition) is 0. The molecule has 1 heterocycles. The van der Waals surface area contributed by atoms with Gasteiger partial charge in [-0.2, -0.15) is 4.31 Å². The van der Waals surface area contributed by atoms with Crippen molar-refractivity contribution < 1.29 is 22.7 Å². The normalized spacial score (nSPS) is 15.9. The second kappa shape index (κ2) is 12.7. The molecule has 212 valence electrons. The van der Waals surface area contributed by atoms with Crippen molar-refractivity contribution in [3.8, 4) is 0 Å². The van der Waals surface area contributed by atoms with Crippen molar-refractivity contribution in [2.75, 3.05) is 24.5 Å². The van der Waals surface area contributed by atoms with Crippen LogP contribution in [-0.4, -0.2) is 50.3 Å². The molecule has 0 aromatic heterocycles. The van der Waals surface area contributed by atoms with E-state index in [1.54, 1.807) is 18.7 Å². The zero-order valence-electron chi connectivity index (χ0n) is 23.3. The van der Waals surface area contributed by atoms with Gasteiger partial charge in [0.25, 0.3) is 5.91 Å². The Morgan fingerprint density at radius 2 is 1.68 bits per heavy atom. The van der Waals surface area contributed by atoms with Gasteiger partial charge in [-0.1, -0.05) is 64.0 Å². The summed E-state index contributed by atoms with van der Waals surface area (Å²) in [6.07, 6.45) is 0.517. The quantitative estimate of drug-likeness (QED) is 0.286. The van der Waals surface area contributed by atoms with Crippen molar-refractivity contribution in [2.24, 2.45) is 0 Å². The third-order valence-corrected chi connectivity index (χ3v) is 10.2. The largest absolute Gasteiger partial charge is 0.451 e. The maximum atomic E-state index is 13.9. The molecule has 0 aliphatic carbocycles. The van der Waals surface area contributed by atoms with Crippen molar-refractivity contribution >= 4 is 43.5 Å². The molecule has 0 saturated carbocycles. The lowest BCUT2D eigenvalue weighted by atomic mass is 10.1. The number of carbonyl (C=O) groups excluding carboxylic acids is 2. The number of halogens is 1. The van der Waals surface area contributed by atoms with Gasteiger partial charge in [0.15, 0.2) is 6.10 Å². The lowest BCUT2D eigenvalue weighted by Gasteiger charge is -2.32. The molecular formula is C31H35BrN2O5S. The number of piperidine rings is 1. The lowest BCUT2D eigenvalue weighted by Crippen LogP contribution is -2.47. The van der Waals surface area contributed by atoms with E-state index in [1.165, 1.54) is 4.31 Å². The van der Waals surface area contributed by atoms with Crippen LogP contribution in [0.4, 0.5) is 5.69 Å². The highest BCUT2D eigenvalue weighted by molar-refractivity contribution is 9.10. The van der Waals surface area contributed by atoms with Crippen molar-refractivity contribution in [3.05, 3.63) is 93.0 Å². The Balaban J connectivity index is 1.55. The fourth-order valence-electron chi connectivity index (χ4n) is 5.23. The molecule has 1 unspecified atom stereocenters. The average Bonchev–Trinajstić information content (AvgIpc) is 2.89. The summed E-state index contributed by atoms with van der Waals surface area (Å²) >= 11 is 3.48. The summed E-state index contributed by atoms with van der Waals surface area (Å²) in [7, 11) is -4.03. The number of carbonyl (C=O) groups is 2. The molecule has 7 nitrogen and oxygen atoms in total. The molecule has 4 rings (SSSR count). The van der Waals surface area contributed by atoms with E-state index in [9.17, 15) is 18.0 Å². The Morgan fingerprint density at radius 3 is 2.33 bits per heavy atom. The minimum Gasteiger partial charge on any atom is -0.451 e. The number of hydrogen-bond acceptors (Lipinski definition) is 5. The molecule has 9 heteroatoms. The van der Waals surface area contributed by atoms with Gasteiger partial charge < -0.3 is 9.64 Å². The van der Waals surface area contributed by atoms with Gasteiger partial charge in [-0.15, -0.1) is 0 Å². The van der Waals surface area contributed by atoms with Crippen LogP contribution in [0.2, 0.25) is 0 Å². The predicted octanol–water partition coefficient (Wildman–Crippen LogP) is 5.65. The van der Waals surface area contributed by atoms with Crippen LogP contribution in [0, 0.1) is 27.7 Å². The monoisotopic (exact) mass is 626 g/mol. The second-order valence-electron chi connectivity index (χ2n) is 10.3. The van der Waals surface area contributed by atoms with E-state index in [0.717, 1.165) is 26.9 Å². The van der Waals surface area contributed by atoms with Crippen LogP contribution in [-0.2, 0) is 30.8 Å². The third-order valence-electron chi connectivity index (χ3n) is 7.12. The standard InChI is InChI=1S/C31H35BrN2O5S/c1-21-17-23(3)30(24(4)18-21)40(37,38)33(16-14-25-9-6-5-7-10-25)20-29(35)39-28-11-8-15-34(31(28)36)26-12-13-27(32)22(2)19-26/h5-7,9-10,12-13,17-19,28H,8,11,14-16,20H2,1-4H3. The number of ether oxygens (including phenoxy) is 1. The van der Waals surface area contributed by atoms with Crippen LogP contribution in [0.1, 0.15) is 40.7 Å². The molecule has 1 fully saturated rings. The van der Waals surface area contributed by atoms with Gasteiger partial charge in [-0.25, -0.2) is 8.42 Å². The van der Waals surface area contributed by atoms with E-state index in [2.05, 4.69) is 15.9 Å². The minimum atomic E-state index is -4.03. The Morgan fingerprint density at radius 1 is 1.00 bits per heavy atom. The average molecular weight is 628 g/mol. The minimum absolute atomic E-state index is 0.0944. The summed E-state index contributed by atoms with van der Waals surface area (Å²) in [6, 6.07) is 18.8. The molecule has 0 bridgehead atoms. The number of esters is 1. The van der Waals surface area contributed by atoms with E-state index >= 15 is 0 Å². The molecule has 0 spiro atoms. The van der Waals surface area contributed by atoms with Crippen LogP contribution >= 0.6 is 15.9 Å². The number of amides is 1. The third kappa shape index (κ3) is 6.82. The highest BCUT2D eigenvalue weighted by Gasteiger charge is 2.35. The van der Waals surface area contributed by atoms with Crippen molar-refractivity contribution in [1.29, 1.82) is 0 Å². The van der Waals surface area contributed by atoms with Gasteiger partial charge in [0.2, 0.25) is 10.0 Å². The first-order valence-electron chi connectivity index (χ1n) is 13.4. The topological polar surface area (TPSA) is 84.0 Å². The van der Waals surface area contributed by atoms with Gasteiger partial charge in [-0.05, 0) is 87.4 Å². The van der Waals surface area contributed by atoms with Gasteiger partial charge in [0, 0.05) is 23.2 Å². The zero-order valence-corrected chi connectivity index (χ0v) is 25.7. The Hall–Kier alpha value is -3.01. The highest BCUT2D eigenvalue weighted by Crippen LogP contribution is 2.28. The van der Waals surface area contributed by atoms with Gasteiger partial charge >= 0.3 is 5.97 Å². The zero-order chi connectivity index (χ0) is 29.0. The summed E-state index contributed by atoms with van der Waals surface area (Å²) in [5.74, 6) is -1.04. The Bertz CT molecular complexity index is 1480. The van der Waals surface area contributed by atoms with E-state index in [4.69, 9.17) is 4.74 Å². The van der Waals surface area contributed by atoms with Crippen LogP contribution in [0.25, 0.3) is 0 Å². The summed E-state index contributed by atoms with van der Waals surface area (Å²) in [6.45, 7) is 7.53. The first-order valence-corrected chi connectivity index (χ1v) is 15.6. The number of benzene rings is 3. The smallest absolute Gasteiger partial charge is 0.322 e. The van der Waals surface area contributed by atoms with Gasteiger partial charge in [0.1, 0.15) is 6.54 Å². The van der Waals surface area contributed by atoms with Crippen LogP contribution in [0.15, 0.2) is 70.0 Å². The number of anilines is 1. The molecular weight excluding hydrogens is 592 g/mol. The van der Waals surface area contributed by atoms with E-state index in [0.29, 0.717) is 36.9 Å².